The number of aliphatic hydroxyl groups is 1. The summed E-state index contributed by atoms with van der Waals surface area (Å²) in [6.07, 6.45) is 2.77. The van der Waals surface area contributed by atoms with Crippen molar-refractivity contribution in [2.24, 2.45) is 0 Å². The van der Waals surface area contributed by atoms with Gasteiger partial charge in [-0.1, -0.05) is 0 Å². The molecule has 2 N–H and O–H groups in total. The Morgan fingerprint density at radius 2 is 2.07 bits per heavy atom. The average Bonchev–Trinajstić information content (AvgIpc) is 2.87. The highest BCUT2D eigenvalue weighted by atomic mass is 19.1. The van der Waals surface area contributed by atoms with Crippen LogP contribution in [0.4, 0.5) is 4.39 Å². The van der Waals surface area contributed by atoms with Gasteiger partial charge in [-0.05, 0) is 49.4 Å². The molecule has 1 aliphatic carbocycles. The molecule has 14 heavy (non-hydrogen) atoms. The number of rotatable bonds is 3. The van der Waals surface area contributed by atoms with E-state index >= 15 is 0 Å². The van der Waals surface area contributed by atoms with Gasteiger partial charge in [0.15, 0.2) is 0 Å². The first-order valence-electron chi connectivity index (χ1n) is 4.79. The number of phenols is 1. The van der Waals surface area contributed by atoms with E-state index in [2.05, 4.69) is 0 Å². The Hall–Kier alpha value is -1.09. The number of aryl methyl sites for hydroxylation is 1. The quantitative estimate of drug-likeness (QED) is 0.776. The lowest BCUT2D eigenvalue weighted by Gasteiger charge is -2.08. The Bertz CT molecular complexity index is 345. The minimum Gasteiger partial charge on any atom is -0.508 e. The predicted molar refractivity (Wildman–Crippen MR) is 50.6 cm³/mol. The van der Waals surface area contributed by atoms with Crippen molar-refractivity contribution in [2.75, 3.05) is 0 Å². The highest BCUT2D eigenvalue weighted by Gasteiger charge is 2.39. The minimum atomic E-state index is -0.543. The molecular weight excluding hydrogens is 183 g/mol. The molecule has 0 saturated heterocycles. The van der Waals surface area contributed by atoms with Crippen LogP contribution in [0, 0.1) is 5.82 Å². The van der Waals surface area contributed by atoms with Crippen molar-refractivity contribution in [2.45, 2.75) is 31.3 Å². The molecule has 0 radical (unpaired) electrons. The molecule has 2 nitrogen and oxygen atoms in total. The van der Waals surface area contributed by atoms with Crippen LogP contribution in [0.3, 0.4) is 0 Å². The van der Waals surface area contributed by atoms with Crippen LogP contribution in [0.2, 0.25) is 0 Å². The van der Waals surface area contributed by atoms with E-state index in [1.807, 2.05) is 0 Å². The van der Waals surface area contributed by atoms with Crippen LogP contribution in [0.15, 0.2) is 18.2 Å². The third-order valence-electron chi connectivity index (χ3n) is 2.73. The standard InChI is InChI=1S/C11H13FO2/c12-9-1-2-10(13)8(7-9)3-4-11(14)5-6-11/h1-2,7,13-14H,3-6H2. The normalized spacial score (nSPS) is 18.1. The molecule has 0 unspecified atom stereocenters. The van der Waals surface area contributed by atoms with Crippen molar-refractivity contribution < 1.29 is 14.6 Å². The van der Waals surface area contributed by atoms with Gasteiger partial charge >= 0.3 is 0 Å². The fraction of sp³-hybridized carbons (Fsp3) is 0.455. The second-order valence-corrected chi connectivity index (χ2v) is 4.00. The van der Waals surface area contributed by atoms with Crippen LogP contribution in [0.5, 0.6) is 5.75 Å². The Morgan fingerprint density at radius 3 is 2.71 bits per heavy atom. The fourth-order valence-corrected chi connectivity index (χ4v) is 1.52. The van der Waals surface area contributed by atoms with Crippen LogP contribution in [-0.2, 0) is 6.42 Å². The largest absolute Gasteiger partial charge is 0.508 e. The Kier molecular flexibility index (Phi) is 2.19. The molecule has 3 heteroatoms. The summed E-state index contributed by atoms with van der Waals surface area (Å²) in [7, 11) is 0. The van der Waals surface area contributed by atoms with Gasteiger partial charge in [0.1, 0.15) is 11.6 Å². The van der Waals surface area contributed by atoms with E-state index in [1.165, 1.54) is 18.2 Å². The van der Waals surface area contributed by atoms with Gasteiger partial charge in [0.25, 0.3) is 0 Å². The van der Waals surface area contributed by atoms with Gasteiger partial charge in [-0.15, -0.1) is 0 Å². The Balaban J connectivity index is 2.04. The minimum absolute atomic E-state index is 0.107. The molecule has 1 saturated carbocycles. The molecule has 0 bridgehead atoms. The summed E-state index contributed by atoms with van der Waals surface area (Å²) < 4.78 is 12.8. The third kappa shape index (κ3) is 2.04. The van der Waals surface area contributed by atoms with Crippen LogP contribution >= 0.6 is 0 Å². The summed E-state index contributed by atoms with van der Waals surface area (Å²) in [5, 5.41) is 19.0. The zero-order chi connectivity index (χ0) is 10.2. The number of aromatic hydroxyl groups is 1. The fourth-order valence-electron chi connectivity index (χ4n) is 1.52. The first kappa shape index (κ1) is 9.46. The van der Waals surface area contributed by atoms with Gasteiger partial charge in [0.2, 0.25) is 0 Å². The van der Waals surface area contributed by atoms with E-state index in [0.717, 1.165) is 12.8 Å². The Labute approximate surface area is 82.0 Å². The molecule has 1 aromatic carbocycles. The lowest BCUT2D eigenvalue weighted by atomic mass is 10.0. The maximum absolute atomic E-state index is 12.8. The monoisotopic (exact) mass is 196 g/mol. The molecule has 0 spiro atoms. The summed E-state index contributed by atoms with van der Waals surface area (Å²) in [6, 6.07) is 3.90. The number of benzene rings is 1. The molecule has 1 aromatic rings. The van der Waals surface area contributed by atoms with E-state index in [9.17, 15) is 14.6 Å². The molecule has 0 heterocycles. The number of halogens is 1. The average molecular weight is 196 g/mol. The summed E-state index contributed by atoms with van der Waals surface area (Å²) in [4.78, 5) is 0. The molecule has 2 rings (SSSR count). The summed E-state index contributed by atoms with van der Waals surface area (Å²) in [5.74, 6) is -0.240. The van der Waals surface area contributed by atoms with Gasteiger partial charge in [-0.25, -0.2) is 4.39 Å². The lowest BCUT2D eigenvalue weighted by Crippen LogP contribution is -2.07. The van der Waals surface area contributed by atoms with Gasteiger partial charge in [-0.3, -0.25) is 0 Å². The van der Waals surface area contributed by atoms with Crippen molar-refractivity contribution in [3.05, 3.63) is 29.6 Å². The van der Waals surface area contributed by atoms with Crippen LogP contribution in [0.1, 0.15) is 24.8 Å². The van der Waals surface area contributed by atoms with Gasteiger partial charge < -0.3 is 10.2 Å². The maximum Gasteiger partial charge on any atom is 0.123 e. The summed E-state index contributed by atoms with van der Waals surface area (Å²) in [6.45, 7) is 0. The number of hydrogen-bond donors (Lipinski definition) is 2. The third-order valence-corrected chi connectivity index (χ3v) is 2.73. The predicted octanol–water partition coefficient (Wildman–Crippen LogP) is 1.99. The van der Waals surface area contributed by atoms with E-state index in [0.29, 0.717) is 18.4 Å². The van der Waals surface area contributed by atoms with Crippen molar-refractivity contribution in [1.29, 1.82) is 0 Å². The molecular formula is C11H13FO2. The second-order valence-electron chi connectivity index (χ2n) is 4.00. The summed E-state index contributed by atoms with van der Waals surface area (Å²) >= 11 is 0. The zero-order valence-electron chi connectivity index (χ0n) is 7.83. The van der Waals surface area contributed by atoms with E-state index in [1.54, 1.807) is 0 Å². The molecule has 0 aliphatic heterocycles. The lowest BCUT2D eigenvalue weighted by molar-refractivity contribution is 0.140. The van der Waals surface area contributed by atoms with Crippen LogP contribution in [-0.4, -0.2) is 15.8 Å². The molecule has 0 atom stereocenters. The molecule has 1 aliphatic rings. The first-order valence-corrected chi connectivity index (χ1v) is 4.79. The van der Waals surface area contributed by atoms with Crippen LogP contribution < -0.4 is 0 Å². The topological polar surface area (TPSA) is 40.5 Å². The van der Waals surface area contributed by atoms with E-state index in [-0.39, 0.29) is 11.6 Å². The van der Waals surface area contributed by atoms with Crippen molar-refractivity contribution in [3.8, 4) is 5.75 Å². The second kappa shape index (κ2) is 3.24. The Morgan fingerprint density at radius 1 is 1.36 bits per heavy atom. The highest BCUT2D eigenvalue weighted by molar-refractivity contribution is 5.32. The summed E-state index contributed by atoms with van der Waals surface area (Å²) in [5.41, 5.74) is 0.0315. The van der Waals surface area contributed by atoms with E-state index in [4.69, 9.17) is 0 Å². The molecule has 0 aromatic heterocycles. The zero-order valence-corrected chi connectivity index (χ0v) is 7.83. The number of phenolic OH excluding ortho intramolecular Hbond substituents is 1. The van der Waals surface area contributed by atoms with Gasteiger partial charge in [0, 0.05) is 0 Å². The van der Waals surface area contributed by atoms with Gasteiger partial charge in [0.05, 0.1) is 5.60 Å². The van der Waals surface area contributed by atoms with Crippen molar-refractivity contribution >= 4 is 0 Å². The first-order chi connectivity index (χ1) is 6.59. The highest BCUT2D eigenvalue weighted by Crippen LogP contribution is 2.39. The molecule has 1 fully saturated rings. The number of hydrogen-bond acceptors (Lipinski definition) is 2. The van der Waals surface area contributed by atoms with Gasteiger partial charge in [-0.2, -0.15) is 0 Å². The SMILES string of the molecule is Oc1ccc(F)cc1CCC1(O)CC1. The molecule has 76 valence electrons. The van der Waals surface area contributed by atoms with Crippen molar-refractivity contribution in [1.82, 2.24) is 0 Å². The molecule has 0 amide bonds. The van der Waals surface area contributed by atoms with Crippen LogP contribution in [0.25, 0.3) is 0 Å². The van der Waals surface area contributed by atoms with E-state index < -0.39 is 5.60 Å². The maximum atomic E-state index is 12.8. The van der Waals surface area contributed by atoms with Crippen molar-refractivity contribution in [3.63, 3.8) is 0 Å². The smallest absolute Gasteiger partial charge is 0.123 e.